The molecule has 1 aromatic rings. The van der Waals surface area contributed by atoms with E-state index in [1.807, 2.05) is 0 Å². The van der Waals surface area contributed by atoms with Gasteiger partial charge in [0.2, 0.25) is 0 Å². The maximum atomic E-state index is 12.7. The molecule has 4 saturated heterocycles. The van der Waals surface area contributed by atoms with Gasteiger partial charge in [-0.3, -0.25) is 0 Å². The highest BCUT2D eigenvalue weighted by Gasteiger charge is 2.94. The number of aliphatic hydroxyl groups is 5. The van der Waals surface area contributed by atoms with Gasteiger partial charge >= 0.3 is 5.97 Å². The molecule has 4 heterocycles. The first-order valence-electron chi connectivity index (χ1n) is 11.4. The first kappa shape index (κ1) is 22.8. The van der Waals surface area contributed by atoms with Gasteiger partial charge in [0.05, 0.1) is 17.6 Å². The Bertz CT molecular complexity index is 988. The molecule has 7 fully saturated rings. The fourth-order valence-electron chi connectivity index (χ4n) is 6.87. The molecule has 5 N–H and O–H groups in total. The largest absolute Gasteiger partial charge is 0.461 e. The van der Waals surface area contributed by atoms with E-state index < -0.39 is 77.9 Å². The zero-order chi connectivity index (χ0) is 24.1. The third-order valence-corrected chi connectivity index (χ3v) is 8.57. The van der Waals surface area contributed by atoms with Crippen LogP contribution in [0, 0.1) is 11.3 Å². The molecule has 6 bridgehead atoms. The van der Waals surface area contributed by atoms with Crippen LogP contribution in [-0.2, 0) is 23.7 Å². The van der Waals surface area contributed by atoms with Gasteiger partial charge in [-0.25, -0.2) is 4.79 Å². The number of hydrogen-bond acceptors (Lipinski definition) is 11. The highest BCUT2D eigenvalue weighted by atomic mass is 16.8. The van der Waals surface area contributed by atoms with Gasteiger partial charge in [0, 0.05) is 12.3 Å². The van der Waals surface area contributed by atoms with Crippen molar-refractivity contribution in [3.63, 3.8) is 0 Å². The molecule has 3 saturated carbocycles. The second kappa shape index (κ2) is 7.19. The van der Waals surface area contributed by atoms with Crippen LogP contribution in [0.5, 0.6) is 0 Å². The van der Waals surface area contributed by atoms with Gasteiger partial charge in [-0.15, -0.1) is 0 Å². The van der Waals surface area contributed by atoms with Crippen molar-refractivity contribution in [3.05, 3.63) is 35.9 Å². The van der Waals surface area contributed by atoms with E-state index in [4.69, 9.17) is 23.7 Å². The van der Waals surface area contributed by atoms with Gasteiger partial charge in [0.15, 0.2) is 18.4 Å². The Morgan fingerprint density at radius 1 is 1.12 bits per heavy atom. The van der Waals surface area contributed by atoms with Gasteiger partial charge in [-0.05, 0) is 25.5 Å². The van der Waals surface area contributed by atoms with E-state index in [2.05, 4.69) is 0 Å². The number of carbonyl (C=O) groups is 1. The fourth-order valence-corrected chi connectivity index (χ4v) is 6.87. The zero-order valence-electron chi connectivity index (χ0n) is 18.4. The fraction of sp³-hybridized carbons (Fsp3) is 0.696. The minimum atomic E-state index is -1.61. The number of carbonyl (C=O) groups excluding carboxylic acids is 1. The Kier molecular flexibility index (Phi) is 4.81. The van der Waals surface area contributed by atoms with Gasteiger partial charge in [0.25, 0.3) is 0 Å². The topological polar surface area (TPSA) is 164 Å². The van der Waals surface area contributed by atoms with Crippen LogP contribution < -0.4 is 0 Å². The molecule has 186 valence electrons. The van der Waals surface area contributed by atoms with E-state index >= 15 is 0 Å². The lowest BCUT2D eigenvalue weighted by Gasteiger charge is -2.67. The van der Waals surface area contributed by atoms with Crippen LogP contribution in [0.3, 0.4) is 0 Å². The molecule has 0 aromatic heterocycles. The lowest BCUT2D eigenvalue weighted by atomic mass is 9.41. The molecular formula is C23H28O11. The summed E-state index contributed by atoms with van der Waals surface area (Å²) in [4.78, 5) is 12.7. The molecule has 11 atom stereocenters. The van der Waals surface area contributed by atoms with Gasteiger partial charge in [-0.1, -0.05) is 18.2 Å². The number of rotatable bonds is 6. The Morgan fingerprint density at radius 3 is 2.56 bits per heavy atom. The summed E-state index contributed by atoms with van der Waals surface area (Å²) in [5.74, 6) is -2.49. The van der Waals surface area contributed by atoms with Crippen LogP contribution in [0.25, 0.3) is 0 Å². The number of benzene rings is 1. The van der Waals surface area contributed by atoms with E-state index in [9.17, 15) is 30.3 Å². The second-order valence-electron chi connectivity index (χ2n) is 10.2. The number of ether oxygens (including phenoxy) is 5. The molecule has 11 nitrogen and oxygen atoms in total. The van der Waals surface area contributed by atoms with Gasteiger partial charge in [0.1, 0.15) is 42.2 Å². The molecule has 4 unspecified atom stereocenters. The standard InChI is InChI=1S/C23H28O11/c1-20-9-22(29)13-7-23(20,32-18-16(27)15(26)14(25)12(8-24)31-18)21(13,19(33-20)34-22)10-30-17(28)11-5-3-2-4-6-11/h2-6,12-16,18-19,24-27,29H,7-10H2,1H3/t12?,13-,14?,15?,16?,18-,19+,20-,21-,22+,23-/m0/s1. The molecule has 34 heavy (non-hydrogen) atoms. The zero-order valence-corrected chi connectivity index (χ0v) is 18.4. The predicted molar refractivity (Wildman–Crippen MR) is 109 cm³/mol. The summed E-state index contributed by atoms with van der Waals surface area (Å²) < 4.78 is 29.7. The summed E-state index contributed by atoms with van der Waals surface area (Å²) in [7, 11) is 0. The Labute approximate surface area is 194 Å². The second-order valence-corrected chi connectivity index (χ2v) is 10.2. The number of hydrogen-bond donors (Lipinski definition) is 5. The maximum absolute atomic E-state index is 12.7. The third kappa shape index (κ3) is 2.59. The smallest absolute Gasteiger partial charge is 0.338 e. The molecule has 8 rings (SSSR count). The van der Waals surface area contributed by atoms with Gasteiger partial charge < -0.3 is 49.2 Å². The molecule has 7 aliphatic rings. The summed E-state index contributed by atoms with van der Waals surface area (Å²) in [6.45, 7) is 0.985. The molecule has 3 aliphatic carbocycles. The third-order valence-electron chi connectivity index (χ3n) is 8.57. The minimum Gasteiger partial charge on any atom is -0.461 e. The Hall–Kier alpha value is -1.67. The van der Waals surface area contributed by atoms with Crippen LogP contribution in [0.1, 0.15) is 30.1 Å². The van der Waals surface area contributed by atoms with Crippen molar-refractivity contribution in [2.24, 2.45) is 11.3 Å². The van der Waals surface area contributed by atoms with Crippen molar-refractivity contribution < 1.29 is 54.0 Å². The van der Waals surface area contributed by atoms with Crippen LogP contribution in [0.15, 0.2) is 30.3 Å². The highest BCUT2D eigenvalue weighted by molar-refractivity contribution is 5.89. The quantitative estimate of drug-likeness (QED) is 0.306. The lowest BCUT2D eigenvalue weighted by Crippen LogP contribution is -2.80. The maximum Gasteiger partial charge on any atom is 0.338 e. The predicted octanol–water partition coefficient (Wildman–Crippen LogP) is -1.36. The van der Waals surface area contributed by atoms with E-state index in [-0.39, 0.29) is 19.4 Å². The Morgan fingerprint density at radius 2 is 1.85 bits per heavy atom. The van der Waals surface area contributed by atoms with Crippen LogP contribution in [0.2, 0.25) is 0 Å². The number of aliphatic hydroxyl groups excluding tert-OH is 4. The monoisotopic (exact) mass is 480 g/mol. The summed E-state index contributed by atoms with van der Waals surface area (Å²) in [6, 6.07) is 8.47. The molecule has 0 spiro atoms. The highest BCUT2D eigenvalue weighted by Crippen LogP contribution is 2.81. The van der Waals surface area contributed by atoms with Crippen molar-refractivity contribution in [1.29, 1.82) is 0 Å². The average Bonchev–Trinajstić information content (AvgIpc) is 3.00. The van der Waals surface area contributed by atoms with E-state index in [1.165, 1.54) is 0 Å². The summed E-state index contributed by atoms with van der Waals surface area (Å²) in [6.07, 6.45) is -7.87. The number of esters is 1. The molecule has 0 radical (unpaired) electrons. The lowest BCUT2D eigenvalue weighted by molar-refractivity contribution is -0.424. The molecule has 4 aliphatic heterocycles. The van der Waals surface area contributed by atoms with E-state index in [0.29, 0.717) is 5.56 Å². The van der Waals surface area contributed by atoms with Gasteiger partial charge in [-0.2, -0.15) is 0 Å². The van der Waals surface area contributed by atoms with Crippen LogP contribution in [0.4, 0.5) is 0 Å². The summed E-state index contributed by atoms with van der Waals surface area (Å²) in [5, 5.41) is 51.7. The molecular weight excluding hydrogens is 452 g/mol. The van der Waals surface area contributed by atoms with E-state index in [1.54, 1.807) is 37.3 Å². The summed E-state index contributed by atoms with van der Waals surface area (Å²) in [5.41, 5.74) is -2.99. The Balaban J connectivity index is 1.32. The first-order valence-corrected chi connectivity index (χ1v) is 11.4. The van der Waals surface area contributed by atoms with Crippen molar-refractivity contribution in [3.8, 4) is 0 Å². The minimum absolute atomic E-state index is 0.0902. The SMILES string of the molecule is C[C@@]12C[C@@]3(O)O[C@@H](O1)[C@]1(COC(=O)c4ccccc4)[C@@H]3C[C@@]12O[C@@H]1OC(CO)C(O)C(O)C1O. The van der Waals surface area contributed by atoms with Crippen molar-refractivity contribution in [1.82, 2.24) is 0 Å². The van der Waals surface area contributed by atoms with Crippen LogP contribution >= 0.6 is 0 Å². The molecule has 0 amide bonds. The van der Waals surface area contributed by atoms with Crippen LogP contribution in [-0.4, -0.2) is 98.7 Å². The van der Waals surface area contributed by atoms with Crippen molar-refractivity contribution >= 4 is 5.97 Å². The van der Waals surface area contributed by atoms with Crippen molar-refractivity contribution in [2.45, 2.75) is 73.8 Å². The van der Waals surface area contributed by atoms with E-state index in [0.717, 1.165) is 0 Å². The molecule has 11 heteroatoms. The summed E-state index contributed by atoms with van der Waals surface area (Å²) >= 11 is 0. The average molecular weight is 480 g/mol. The first-order chi connectivity index (χ1) is 16.1. The molecule has 1 aromatic carbocycles. The van der Waals surface area contributed by atoms with Crippen molar-refractivity contribution in [2.75, 3.05) is 13.2 Å². The normalized spacial score (nSPS) is 52.5.